The van der Waals surface area contributed by atoms with Gasteiger partial charge < -0.3 is 4.90 Å². The van der Waals surface area contributed by atoms with Gasteiger partial charge in [0.25, 0.3) is 0 Å². The van der Waals surface area contributed by atoms with Crippen molar-refractivity contribution in [2.45, 2.75) is 11.8 Å². The molecule has 25 heavy (non-hydrogen) atoms. The maximum absolute atomic E-state index is 13.9. The average Bonchev–Trinajstić information content (AvgIpc) is 2.54. The summed E-state index contributed by atoms with van der Waals surface area (Å²) in [5, 5.41) is 0. The van der Waals surface area contributed by atoms with E-state index in [-0.39, 0.29) is 13.1 Å². The second-order valence-corrected chi connectivity index (χ2v) is 8.58. The molecule has 2 heterocycles. The summed E-state index contributed by atoms with van der Waals surface area (Å²) in [6.45, 7) is 3.23. The number of hydrogen-bond acceptors (Lipinski definition) is 4. The Morgan fingerprint density at radius 2 is 1.80 bits per heavy atom. The highest BCUT2D eigenvalue weighted by Gasteiger charge is 2.31. The monoisotopic (exact) mass is 431 g/mol. The van der Waals surface area contributed by atoms with Crippen LogP contribution in [0.5, 0.6) is 0 Å². The minimum atomic E-state index is -3.99. The SMILES string of the molecule is Cc1cc(Br)cnc1N1CCN(S(=O)(=O)c2ccc(F)cc2F)CC1. The van der Waals surface area contributed by atoms with Crippen molar-refractivity contribution in [3.05, 3.63) is 52.1 Å². The zero-order chi connectivity index (χ0) is 18.2. The Morgan fingerprint density at radius 3 is 2.40 bits per heavy atom. The molecule has 134 valence electrons. The average molecular weight is 432 g/mol. The molecule has 5 nitrogen and oxygen atoms in total. The zero-order valence-electron chi connectivity index (χ0n) is 13.4. The zero-order valence-corrected chi connectivity index (χ0v) is 15.8. The van der Waals surface area contributed by atoms with Crippen LogP contribution in [0.2, 0.25) is 0 Å². The summed E-state index contributed by atoms with van der Waals surface area (Å²) in [6, 6.07) is 4.44. The van der Waals surface area contributed by atoms with Crippen LogP contribution >= 0.6 is 15.9 Å². The Bertz CT molecular complexity index is 900. The number of hydrogen-bond donors (Lipinski definition) is 0. The van der Waals surface area contributed by atoms with E-state index in [9.17, 15) is 17.2 Å². The molecule has 0 amide bonds. The van der Waals surface area contributed by atoms with Gasteiger partial charge in [-0.25, -0.2) is 22.2 Å². The van der Waals surface area contributed by atoms with E-state index in [0.29, 0.717) is 19.2 Å². The molecule has 3 rings (SSSR count). The maximum Gasteiger partial charge on any atom is 0.246 e. The molecule has 0 radical (unpaired) electrons. The van der Waals surface area contributed by atoms with E-state index in [4.69, 9.17) is 0 Å². The van der Waals surface area contributed by atoms with E-state index in [1.165, 1.54) is 4.31 Å². The standard InChI is InChI=1S/C16H16BrF2N3O2S/c1-11-8-12(17)10-20-16(11)21-4-6-22(7-5-21)25(23,24)15-3-2-13(18)9-14(15)19/h2-3,8-10H,4-7H2,1H3. The molecule has 1 aliphatic rings. The molecule has 0 saturated carbocycles. The largest absolute Gasteiger partial charge is 0.354 e. The minimum absolute atomic E-state index is 0.205. The van der Waals surface area contributed by atoms with E-state index >= 15 is 0 Å². The highest BCUT2D eigenvalue weighted by Crippen LogP contribution is 2.25. The summed E-state index contributed by atoms with van der Waals surface area (Å²) in [4.78, 5) is 5.88. The second kappa shape index (κ2) is 6.97. The van der Waals surface area contributed by atoms with Crippen molar-refractivity contribution in [3.63, 3.8) is 0 Å². The van der Waals surface area contributed by atoms with Gasteiger partial charge in [-0.15, -0.1) is 0 Å². The summed E-state index contributed by atoms with van der Waals surface area (Å²) >= 11 is 3.36. The lowest BCUT2D eigenvalue weighted by Gasteiger charge is -2.35. The number of rotatable bonds is 3. The van der Waals surface area contributed by atoms with Crippen LogP contribution in [-0.2, 0) is 10.0 Å². The van der Waals surface area contributed by atoms with Gasteiger partial charge in [0.1, 0.15) is 22.3 Å². The van der Waals surface area contributed by atoms with Crippen LogP contribution in [0.15, 0.2) is 39.8 Å². The van der Waals surface area contributed by atoms with Crippen LogP contribution in [0.25, 0.3) is 0 Å². The number of sulfonamides is 1. The number of benzene rings is 1. The molecule has 0 bridgehead atoms. The fraction of sp³-hybridized carbons (Fsp3) is 0.312. The number of piperazine rings is 1. The van der Waals surface area contributed by atoms with Crippen molar-refractivity contribution in [1.82, 2.24) is 9.29 Å². The van der Waals surface area contributed by atoms with Crippen molar-refractivity contribution in [2.75, 3.05) is 31.1 Å². The lowest BCUT2D eigenvalue weighted by Crippen LogP contribution is -2.49. The number of nitrogens with zero attached hydrogens (tertiary/aromatic N) is 3. The Morgan fingerprint density at radius 1 is 1.12 bits per heavy atom. The van der Waals surface area contributed by atoms with Gasteiger partial charge in [0.2, 0.25) is 10.0 Å². The molecule has 0 aliphatic carbocycles. The molecule has 0 spiro atoms. The lowest BCUT2D eigenvalue weighted by molar-refractivity contribution is 0.381. The predicted molar refractivity (Wildman–Crippen MR) is 94.0 cm³/mol. The molecule has 1 fully saturated rings. The molecular formula is C16H16BrF2N3O2S. The first-order valence-corrected chi connectivity index (χ1v) is 9.84. The van der Waals surface area contributed by atoms with Crippen molar-refractivity contribution in [1.29, 1.82) is 0 Å². The number of pyridine rings is 1. The predicted octanol–water partition coefficient (Wildman–Crippen LogP) is 2.94. The molecule has 1 aromatic heterocycles. The van der Waals surface area contributed by atoms with Crippen LogP contribution in [-0.4, -0.2) is 43.9 Å². The van der Waals surface area contributed by atoms with Gasteiger partial charge in [-0.05, 0) is 46.6 Å². The van der Waals surface area contributed by atoms with Crippen LogP contribution in [0, 0.1) is 18.6 Å². The van der Waals surface area contributed by atoms with Crippen LogP contribution in [0.4, 0.5) is 14.6 Å². The molecule has 0 unspecified atom stereocenters. The van der Waals surface area contributed by atoms with E-state index in [0.717, 1.165) is 28.0 Å². The van der Waals surface area contributed by atoms with Crippen LogP contribution in [0.1, 0.15) is 5.56 Å². The maximum atomic E-state index is 13.9. The van der Waals surface area contributed by atoms with Gasteiger partial charge in [-0.1, -0.05) is 0 Å². The summed E-state index contributed by atoms with van der Waals surface area (Å²) < 4.78 is 54.2. The number of aromatic nitrogens is 1. The molecule has 1 aromatic carbocycles. The lowest BCUT2D eigenvalue weighted by atomic mass is 10.2. The topological polar surface area (TPSA) is 53.5 Å². The van der Waals surface area contributed by atoms with E-state index in [1.807, 2.05) is 17.9 Å². The molecule has 9 heteroatoms. The van der Waals surface area contributed by atoms with Gasteiger partial charge in [-0.2, -0.15) is 4.31 Å². The van der Waals surface area contributed by atoms with Crippen molar-refractivity contribution in [3.8, 4) is 0 Å². The fourth-order valence-corrected chi connectivity index (χ4v) is 4.74. The summed E-state index contributed by atoms with van der Waals surface area (Å²) in [5.41, 5.74) is 0.982. The second-order valence-electron chi connectivity index (χ2n) is 5.76. The highest BCUT2D eigenvalue weighted by atomic mass is 79.9. The molecule has 1 saturated heterocycles. The van der Waals surface area contributed by atoms with Crippen LogP contribution < -0.4 is 4.90 Å². The third-order valence-corrected chi connectivity index (χ3v) is 6.43. The molecule has 0 N–H and O–H groups in total. The first-order valence-electron chi connectivity index (χ1n) is 7.61. The van der Waals surface area contributed by atoms with Gasteiger partial charge in [0.15, 0.2) is 0 Å². The summed E-state index contributed by atoms with van der Waals surface area (Å²) in [5.74, 6) is -1.08. The number of aryl methyl sites for hydroxylation is 1. The van der Waals surface area contributed by atoms with Crippen molar-refractivity contribution < 1.29 is 17.2 Å². The van der Waals surface area contributed by atoms with Gasteiger partial charge in [0, 0.05) is 42.9 Å². The molecule has 0 atom stereocenters. The van der Waals surface area contributed by atoms with Crippen molar-refractivity contribution in [2.24, 2.45) is 0 Å². The van der Waals surface area contributed by atoms with E-state index in [2.05, 4.69) is 20.9 Å². The third kappa shape index (κ3) is 3.68. The summed E-state index contributed by atoms with van der Waals surface area (Å²) in [6.07, 6.45) is 1.69. The minimum Gasteiger partial charge on any atom is -0.354 e. The Kier molecular flexibility index (Phi) is 5.08. The highest BCUT2D eigenvalue weighted by molar-refractivity contribution is 9.10. The Hall–Kier alpha value is -1.58. The van der Waals surface area contributed by atoms with E-state index < -0.39 is 26.6 Å². The van der Waals surface area contributed by atoms with Gasteiger partial charge in [0.05, 0.1) is 0 Å². The first-order chi connectivity index (χ1) is 11.8. The molecular weight excluding hydrogens is 416 g/mol. The van der Waals surface area contributed by atoms with Gasteiger partial charge in [-0.3, -0.25) is 0 Å². The van der Waals surface area contributed by atoms with Gasteiger partial charge >= 0.3 is 0 Å². The third-order valence-electron chi connectivity index (χ3n) is 4.07. The quantitative estimate of drug-likeness (QED) is 0.749. The molecule has 1 aliphatic heterocycles. The first kappa shape index (κ1) is 18.2. The fourth-order valence-electron chi connectivity index (χ4n) is 2.83. The Labute approximate surface area is 153 Å². The number of halogens is 3. The smallest absolute Gasteiger partial charge is 0.246 e. The Balaban J connectivity index is 1.77. The normalized spacial score (nSPS) is 16.2. The van der Waals surface area contributed by atoms with Crippen LogP contribution in [0.3, 0.4) is 0 Å². The summed E-state index contributed by atoms with van der Waals surface area (Å²) in [7, 11) is -3.99. The molecule has 2 aromatic rings. The van der Waals surface area contributed by atoms with E-state index in [1.54, 1.807) is 6.20 Å². The van der Waals surface area contributed by atoms with Crippen molar-refractivity contribution >= 4 is 31.8 Å². The number of anilines is 1.